The topological polar surface area (TPSA) is 38.9 Å². The van der Waals surface area contributed by atoms with Crippen LogP contribution in [-0.4, -0.2) is 9.97 Å². The predicted octanol–water partition coefficient (Wildman–Crippen LogP) is 10.4. The van der Waals surface area contributed by atoms with E-state index in [4.69, 9.17) is 9.40 Å². The maximum absolute atomic E-state index is 5.67. The minimum Gasteiger partial charge on any atom is -0.443 e. The van der Waals surface area contributed by atoms with Crippen LogP contribution >= 0.6 is 0 Å². The van der Waals surface area contributed by atoms with Crippen molar-refractivity contribution in [1.82, 2.24) is 9.97 Å². The molecule has 210 valence electrons. The Morgan fingerprint density at radius 2 is 1.16 bits per heavy atom. The molecule has 3 heteroatoms. The number of rotatable bonds is 5. The van der Waals surface area contributed by atoms with Crippen molar-refractivity contribution in [3.05, 3.63) is 121 Å². The quantitative estimate of drug-likeness (QED) is 0.211. The van der Waals surface area contributed by atoms with Crippen LogP contribution in [0.15, 0.2) is 120 Å². The Labute approximate surface area is 252 Å². The molecule has 43 heavy (non-hydrogen) atoms. The van der Waals surface area contributed by atoms with Gasteiger partial charge in [-0.3, -0.25) is 4.98 Å². The summed E-state index contributed by atoms with van der Waals surface area (Å²) in [7, 11) is 0. The standard InChI is InChI=1S/C40H34N2O/c1-2-5-33(6-3-1)37-20-34(21-38(42-37)40-22-26-17-27(23-40)19-28(18-26)24-40)31-11-9-29(10-12-31)30-13-15-32(16-14-30)35-7-4-8-36-39(35)43-25-41-36/h1-16,20-21,25-28H,17-19,22-24H2. The number of para-hydroxylation sites is 1. The molecule has 4 aliphatic carbocycles. The Kier molecular flexibility index (Phi) is 5.69. The largest absolute Gasteiger partial charge is 0.443 e. The van der Waals surface area contributed by atoms with E-state index in [9.17, 15) is 0 Å². The Morgan fingerprint density at radius 1 is 0.558 bits per heavy atom. The number of oxazole rings is 1. The fraction of sp³-hybridized carbons (Fsp3) is 0.250. The summed E-state index contributed by atoms with van der Waals surface area (Å²) in [6.07, 6.45) is 9.83. The molecule has 0 unspecified atom stereocenters. The third-order valence-electron chi connectivity index (χ3n) is 10.6. The average molecular weight is 559 g/mol. The summed E-state index contributed by atoms with van der Waals surface area (Å²) in [6, 6.07) is 39.4. The molecule has 0 N–H and O–H groups in total. The zero-order valence-corrected chi connectivity index (χ0v) is 24.2. The minimum atomic E-state index is 0.256. The molecule has 0 radical (unpaired) electrons. The summed E-state index contributed by atoms with van der Waals surface area (Å²) >= 11 is 0. The number of hydrogen-bond acceptors (Lipinski definition) is 3. The van der Waals surface area contributed by atoms with E-state index < -0.39 is 0 Å². The number of nitrogens with zero attached hydrogens (tertiary/aromatic N) is 2. The predicted molar refractivity (Wildman–Crippen MR) is 173 cm³/mol. The first-order chi connectivity index (χ1) is 21.2. The summed E-state index contributed by atoms with van der Waals surface area (Å²) in [5, 5.41) is 0. The highest BCUT2D eigenvalue weighted by Crippen LogP contribution is 2.60. The first kappa shape index (κ1) is 25.0. The van der Waals surface area contributed by atoms with E-state index in [1.165, 1.54) is 78.4 Å². The smallest absolute Gasteiger partial charge is 0.182 e. The Balaban J connectivity index is 1.06. The Hall–Kier alpha value is -4.50. The number of fused-ring (bicyclic) bond motifs is 1. The van der Waals surface area contributed by atoms with Crippen molar-refractivity contribution in [2.24, 2.45) is 17.8 Å². The highest BCUT2D eigenvalue weighted by Gasteiger charge is 2.52. The van der Waals surface area contributed by atoms with Gasteiger partial charge in [-0.2, -0.15) is 0 Å². The third-order valence-corrected chi connectivity index (χ3v) is 10.6. The van der Waals surface area contributed by atoms with Gasteiger partial charge in [-0.25, -0.2) is 4.98 Å². The van der Waals surface area contributed by atoms with Crippen LogP contribution in [0.4, 0.5) is 0 Å². The van der Waals surface area contributed by atoms with Gasteiger partial charge in [0.05, 0.1) is 5.69 Å². The first-order valence-electron chi connectivity index (χ1n) is 15.8. The van der Waals surface area contributed by atoms with E-state index in [1.54, 1.807) is 0 Å². The lowest BCUT2D eigenvalue weighted by molar-refractivity contribution is -0.00712. The maximum Gasteiger partial charge on any atom is 0.182 e. The molecular weight excluding hydrogens is 524 g/mol. The molecule has 4 fully saturated rings. The van der Waals surface area contributed by atoms with E-state index in [0.29, 0.717) is 0 Å². The first-order valence-corrected chi connectivity index (χ1v) is 15.8. The Morgan fingerprint density at radius 3 is 1.81 bits per heavy atom. The van der Waals surface area contributed by atoms with Gasteiger partial charge in [0.25, 0.3) is 0 Å². The van der Waals surface area contributed by atoms with Crippen LogP contribution in [0.5, 0.6) is 0 Å². The van der Waals surface area contributed by atoms with Crippen molar-refractivity contribution in [3.63, 3.8) is 0 Å². The summed E-state index contributed by atoms with van der Waals surface area (Å²) in [6.45, 7) is 0. The number of hydrogen-bond donors (Lipinski definition) is 0. The van der Waals surface area contributed by atoms with Crippen LogP contribution in [0.3, 0.4) is 0 Å². The molecule has 4 bridgehead atoms. The molecule has 4 aliphatic rings. The third kappa shape index (κ3) is 4.33. The van der Waals surface area contributed by atoms with Gasteiger partial charge in [0.1, 0.15) is 5.52 Å². The van der Waals surface area contributed by atoms with Crippen LogP contribution in [-0.2, 0) is 5.41 Å². The summed E-state index contributed by atoms with van der Waals surface area (Å²) in [5.74, 6) is 2.68. The maximum atomic E-state index is 5.67. The summed E-state index contributed by atoms with van der Waals surface area (Å²) in [4.78, 5) is 9.73. The molecule has 0 saturated heterocycles. The number of benzene rings is 4. The highest BCUT2D eigenvalue weighted by atomic mass is 16.3. The molecule has 0 spiro atoms. The molecule has 4 saturated carbocycles. The molecule has 3 nitrogen and oxygen atoms in total. The van der Waals surface area contributed by atoms with Gasteiger partial charge >= 0.3 is 0 Å². The van der Waals surface area contributed by atoms with E-state index in [-0.39, 0.29) is 5.41 Å². The lowest BCUT2D eigenvalue weighted by Crippen LogP contribution is -2.49. The van der Waals surface area contributed by atoms with E-state index >= 15 is 0 Å². The summed E-state index contributed by atoms with van der Waals surface area (Å²) in [5.41, 5.74) is 12.8. The van der Waals surface area contributed by atoms with Crippen LogP contribution in [0, 0.1) is 17.8 Å². The molecular formula is C40H34N2O. The lowest BCUT2D eigenvalue weighted by atomic mass is 9.48. The van der Waals surface area contributed by atoms with Crippen LogP contribution < -0.4 is 0 Å². The number of pyridine rings is 1. The fourth-order valence-corrected chi connectivity index (χ4v) is 8.96. The second kappa shape index (κ2) is 9.77. The van der Waals surface area contributed by atoms with Crippen molar-refractivity contribution in [2.45, 2.75) is 43.9 Å². The molecule has 0 atom stereocenters. The molecule has 0 amide bonds. The average Bonchev–Trinajstić information content (AvgIpc) is 3.54. The minimum absolute atomic E-state index is 0.256. The molecule has 10 rings (SSSR count). The van der Waals surface area contributed by atoms with Crippen LogP contribution in [0.2, 0.25) is 0 Å². The van der Waals surface area contributed by atoms with Gasteiger partial charge in [-0.15, -0.1) is 0 Å². The molecule has 4 aromatic carbocycles. The van der Waals surface area contributed by atoms with Crippen molar-refractivity contribution in [2.75, 3.05) is 0 Å². The number of aromatic nitrogens is 2. The van der Waals surface area contributed by atoms with Crippen molar-refractivity contribution in [1.29, 1.82) is 0 Å². The van der Waals surface area contributed by atoms with Crippen LogP contribution in [0.1, 0.15) is 44.2 Å². The fourth-order valence-electron chi connectivity index (χ4n) is 8.96. The van der Waals surface area contributed by atoms with Gasteiger partial charge in [-0.05, 0) is 102 Å². The Bertz CT molecular complexity index is 1900. The van der Waals surface area contributed by atoms with Gasteiger partial charge in [-0.1, -0.05) is 91.0 Å². The lowest BCUT2D eigenvalue weighted by Gasteiger charge is -2.56. The van der Waals surface area contributed by atoms with Crippen molar-refractivity contribution < 1.29 is 4.42 Å². The van der Waals surface area contributed by atoms with Gasteiger partial charge in [0.2, 0.25) is 0 Å². The molecule has 2 heterocycles. The monoisotopic (exact) mass is 558 g/mol. The van der Waals surface area contributed by atoms with Gasteiger partial charge < -0.3 is 4.42 Å². The van der Waals surface area contributed by atoms with Crippen molar-refractivity contribution >= 4 is 11.1 Å². The molecule has 0 aliphatic heterocycles. The molecule has 2 aromatic heterocycles. The second-order valence-corrected chi connectivity index (χ2v) is 13.4. The van der Waals surface area contributed by atoms with Gasteiger partial charge in [0.15, 0.2) is 12.0 Å². The summed E-state index contributed by atoms with van der Waals surface area (Å²) < 4.78 is 5.67. The molecule has 6 aromatic rings. The zero-order valence-electron chi connectivity index (χ0n) is 24.2. The van der Waals surface area contributed by atoms with E-state index in [1.807, 2.05) is 12.1 Å². The normalized spacial score (nSPS) is 24.0. The van der Waals surface area contributed by atoms with Crippen molar-refractivity contribution in [3.8, 4) is 44.6 Å². The SMILES string of the molecule is c1ccc(-c2cc(-c3ccc(-c4ccc(-c5cccc6ncoc56)cc4)cc3)cc(C34CC5CC(CC(C5)C3)C4)n2)cc1. The highest BCUT2D eigenvalue weighted by molar-refractivity contribution is 5.90. The van der Waals surface area contributed by atoms with Crippen LogP contribution in [0.25, 0.3) is 55.7 Å². The zero-order chi connectivity index (χ0) is 28.4. The second-order valence-electron chi connectivity index (χ2n) is 13.4. The van der Waals surface area contributed by atoms with E-state index in [2.05, 4.69) is 102 Å². The van der Waals surface area contributed by atoms with E-state index in [0.717, 1.165) is 45.7 Å². The van der Waals surface area contributed by atoms with Gasteiger partial charge in [0, 0.05) is 22.2 Å².